The summed E-state index contributed by atoms with van der Waals surface area (Å²) in [7, 11) is 1.76. The van der Waals surface area contributed by atoms with Crippen molar-refractivity contribution in [3.05, 3.63) is 18.7 Å². The van der Waals surface area contributed by atoms with Crippen molar-refractivity contribution in [2.75, 3.05) is 33.3 Å². The fourth-order valence-electron chi connectivity index (χ4n) is 2.53. The smallest absolute Gasteiger partial charge is 0.409 e. The Kier molecular flexibility index (Phi) is 9.50. The summed E-state index contributed by atoms with van der Waals surface area (Å²) in [5.74, 6) is 0.791. The van der Waals surface area contributed by atoms with Crippen LogP contribution in [0, 0.1) is 0 Å². The molecule has 24 heavy (non-hydrogen) atoms. The Morgan fingerprint density at radius 1 is 1.42 bits per heavy atom. The highest BCUT2D eigenvalue weighted by Crippen LogP contribution is 2.11. The van der Waals surface area contributed by atoms with Gasteiger partial charge in [-0.2, -0.15) is 0 Å². The molecular formula is C15H27IN6O2. The number of amides is 1. The molecule has 0 bridgehead atoms. The molecule has 0 unspecified atom stereocenters. The zero-order valence-electron chi connectivity index (χ0n) is 14.3. The molecule has 2 heterocycles. The minimum atomic E-state index is -0.214. The van der Waals surface area contributed by atoms with E-state index in [-0.39, 0.29) is 30.1 Å². The summed E-state index contributed by atoms with van der Waals surface area (Å²) < 4.78 is 7.04. The van der Waals surface area contributed by atoms with Gasteiger partial charge in [-0.15, -0.1) is 24.0 Å². The van der Waals surface area contributed by atoms with Gasteiger partial charge in [0.05, 0.1) is 12.9 Å². The van der Waals surface area contributed by atoms with Crippen molar-refractivity contribution in [1.29, 1.82) is 0 Å². The van der Waals surface area contributed by atoms with E-state index in [4.69, 9.17) is 4.74 Å². The van der Waals surface area contributed by atoms with Gasteiger partial charge in [0.15, 0.2) is 5.96 Å². The number of halogens is 1. The van der Waals surface area contributed by atoms with E-state index in [1.807, 2.05) is 17.7 Å². The molecule has 0 aliphatic carbocycles. The number of carbonyl (C=O) groups excluding carboxylic acids is 1. The van der Waals surface area contributed by atoms with Crippen LogP contribution in [0.5, 0.6) is 0 Å². The number of guanidine groups is 1. The molecule has 0 atom stereocenters. The molecule has 2 N–H and O–H groups in total. The Morgan fingerprint density at radius 2 is 2.17 bits per heavy atom. The zero-order chi connectivity index (χ0) is 16.5. The maximum absolute atomic E-state index is 11.7. The summed E-state index contributed by atoms with van der Waals surface area (Å²) >= 11 is 0. The first-order valence-corrected chi connectivity index (χ1v) is 8.07. The van der Waals surface area contributed by atoms with E-state index in [0.29, 0.717) is 25.7 Å². The number of likely N-dealkylation sites (tertiary alicyclic amines) is 1. The fraction of sp³-hybridized carbons (Fsp3) is 0.667. The largest absolute Gasteiger partial charge is 0.450 e. The van der Waals surface area contributed by atoms with E-state index in [2.05, 4.69) is 20.6 Å². The van der Waals surface area contributed by atoms with E-state index in [9.17, 15) is 4.79 Å². The van der Waals surface area contributed by atoms with Crippen molar-refractivity contribution in [3.63, 3.8) is 0 Å². The topological polar surface area (TPSA) is 83.8 Å². The summed E-state index contributed by atoms with van der Waals surface area (Å²) in [5.41, 5.74) is 0. The first-order valence-electron chi connectivity index (χ1n) is 8.07. The number of ether oxygens (including phenoxy) is 1. The molecule has 136 valence electrons. The van der Waals surface area contributed by atoms with E-state index >= 15 is 0 Å². The first-order chi connectivity index (χ1) is 11.2. The summed E-state index contributed by atoms with van der Waals surface area (Å²) in [6.07, 6.45) is 7.06. The molecule has 0 aromatic carbocycles. The van der Waals surface area contributed by atoms with E-state index in [1.165, 1.54) is 0 Å². The standard InChI is InChI=1S/C15H26N6O2.HI/c1-3-23-15(22)21-8-4-13(5-9-21)19-14(16-2)18-7-11-20-10-6-17-12-20;/h6,10,12-13H,3-5,7-9,11H2,1-2H3,(H2,16,18,19);1H. The highest BCUT2D eigenvalue weighted by molar-refractivity contribution is 14.0. The van der Waals surface area contributed by atoms with Gasteiger partial charge in [0.1, 0.15) is 0 Å². The van der Waals surface area contributed by atoms with Gasteiger partial charge in [-0.1, -0.05) is 0 Å². The van der Waals surface area contributed by atoms with Crippen molar-refractivity contribution < 1.29 is 9.53 Å². The third kappa shape index (κ3) is 6.54. The maximum Gasteiger partial charge on any atom is 0.409 e. The van der Waals surface area contributed by atoms with Crippen molar-refractivity contribution in [3.8, 4) is 0 Å². The van der Waals surface area contributed by atoms with Crippen LogP contribution in [-0.4, -0.2) is 65.8 Å². The van der Waals surface area contributed by atoms with E-state index in [0.717, 1.165) is 31.9 Å². The number of aromatic nitrogens is 2. The third-order valence-corrected chi connectivity index (χ3v) is 3.81. The number of imidazole rings is 1. The van der Waals surface area contributed by atoms with Gasteiger partial charge in [0, 0.05) is 51.7 Å². The molecule has 1 aromatic rings. The second kappa shape index (κ2) is 11.1. The Morgan fingerprint density at radius 3 is 2.75 bits per heavy atom. The van der Waals surface area contributed by atoms with Crippen LogP contribution >= 0.6 is 24.0 Å². The number of rotatable bonds is 5. The predicted octanol–water partition coefficient (Wildman–Crippen LogP) is 1.29. The molecule has 0 saturated carbocycles. The van der Waals surface area contributed by atoms with Gasteiger partial charge < -0.3 is 24.8 Å². The second-order valence-corrected chi connectivity index (χ2v) is 5.40. The summed E-state index contributed by atoms with van der Waals surface area (Å²) in [6.45, 7) is 5.28. The summed E-state index contributed by atoms with van der Waals surface area (Å²) in [6, 6.07) is 0.320. The maximum atomic E-state index is 11.7. The first kappa shape index (κ1) is 20.5. The lowest BCUT2D eigenvalue weighted by atomic mass is 10.1. The SMILES string of the molecule is CCOC(=O)N1CCC(NC(=NC)NCCn2ccnc2)CC1.I. The number of hydrogen-bond acceptors (Lipinski definition) is 4. The minimum absolute atomic E-state index is 0. The van der Waals surface area contributed by atoms with Gasteiger partial charge in [-0.05, 0) is 19.8 Å². The number of piperidine rings is 1. The van der Waals surface area contributed by atoms with Crippen LogP contribution in [0.3, 0.4) is 0 Å². The van der Waals surface area contributed by atoms with Gasteiger partial charge in [0.25, 0.3) is 0 Å². The third-order valence-electron chi connectivity index (χ3n) is 3.81. The molecule has 9 heteroatoms. The molecule has 0 radical (unpaired) electrons. The molecule has 2 rings (SSSR count). The van der Waals surface area contributed by atoms with Crippen molar-refractivity contribution >= 4 is 36.0 Å². The van der Waals surface area contributed by atoms with Crippen molar-refractivity contribution in [2.45, 2.75) is 32.4 Å². The van der Waals surface area contributed by atoms with E-state index < -0.39 is 0 Å². The van der Waals surface area contributed by atoms with E-state index in [1.54, 1.807) is 24.5 Å². The number of nitrogens with one attached hydrogen (secondary N) is 2. The van der Waals surface area contributed by atoms with Crippen LogP contribution in [0.15, 0.2) is 23.7 Å². The van der Waals surface area contributed by atoms with Gasteiger partial charge in [-0.25, -0.2) is 9.78 Å². The molecule has 8 nitrogen and oxygen atoms in total. The molecule has 0 spiro atoms. The van der Waals surface area contributed by atoms with Crippen LogP contribution in [0.2, 0.25) is 0 Å². The molecule has 1 amide bonds. The Balaban J connectivity index is 0.00000288. The monoisotopic (exact) mass is 450 g/mol. The average molecular weight is 450 g/mol. The molecule has 1 aliphatic heterocycles. The summed E-state index contributed by atoms with van der Waals surface area (Å²) in [4.78, 5) is 21.7. The molecule has 1 fully saturated rings. The van der Waals surface area contributed by atoms with Gasteiger partial charge in [-0.3, -0.25) is 4.99 Å². The minimum Gasteiger partial charge on any atom is -0.450 e. The lowest BCUT2D eigenvalue weighted by Crippen LogP contribution is -2.50. The Bertz CT molecular complexity index is 500. The number of carbonyl (C=O) groups is 1. The van der Waals surface area contributed by atoms with Crippen LogP contribution in [-0.2, 0) is 11.3 Å². The predicted molar refractivity (Wildman–Crippen MR) is 104 cm³/mol. The molecular weight excluding hydrogens is 423 g/mol. The number of hydrogen-bond donors (Lipinski definition) is 2. The number of aliphatic imine (C=N–C) groups is 1. The quantitative estimate of drug-likeness (QED) is 0.402. The van der Waals surface area contributed by atoms with Gasteiger partial charge >= 0.3 is 6.09 Å². The Hall–Kier alpha value is -1.52. The fourth-order valence-corrected chi connectivity index (χ4v) is 2.53. The van der Waals surface area contributed by atoms with Crippen LogP contribution in [0.4, 0.5) is 4.79 Å². The highest BCUT2D eigenvalue weighted by Gasteiger charge is 2.23. The van der Waals surface area contributed by atoms with Crippen LogP contribution < -0.4 is 10.6 Å². The average Bonchev–Trinajstić information content (AvgIpc) is 3.08. The number of nitrogens with zero attached hydrogens (tertiary/aromatic N) is 4. The van der Waals surface area contributed by atoms with Crippen LogP contribution in [0.1, 0.15) is 19.8 Å². The molecule has 1 aromatic heterocycles. The molecule has 1 aliphatic rings. The lowest BCUT2D eigenvalue weighted by Gasteiger charge is -2.32. The van der Waals surface area contributed by atoms with Crippen LogP contribution in [0.25, 0.3) is 0 Å². The van der Waals surface area contributed by atoms with Gasteiger partial charge in [0.2, 0.25) is 0 Å². The normalized spacial score (nSPS) is 15.6. The summed E-state index contributed by atoms with van der Waals surface area (Å²) in [5, 5.41) is 6.71. The van der Waals surface area contributed by atoms with Crippen molar-refractivity contribution in [1.82, 2.24) is 25.1 Å². The van der Waals surface area contributed by atoms with Crippen molar-refractivity contribution in [2.24, 2.45) is 4.99 Å². The molecule has 1 saturated heterocycles. The second-order valence-electron chi connectivity index (χ2n) is 5.40. The Labute approximate surface area is 160 Å². The lowest BCUT2D eigenvalue weighted by molar-refractivity contribution is 0.0963. The zero-order valence-corrected chi connectivity index (χ0v) is 16.6. The highest BCUT2D eigenvalue weighted by atomic mass is 127.